The first-order valence-electron chi connectivity index (χ1n) is 8.00. The van der Waals surface area contributed by atoms with Crippen LogP contribution in [0.25, 0.3) is 0 Å². The molecule has 0 fully saturated rings. The molecule has 1 atom stereocenters. The van der Waals surface area contributed by atoms with E-state index < -0.39 is 21.2 Å². The summed E-state index contributed by atoms with van der Waals surface area (Å²) < 4.78 is 36.4. The van der Waals surface area contributed by atoms with Gasteiger partial charge in [-0.15, -0.1) is 0 Å². The maximum Gasteiger partial charge on any atom is 0.412 e. The fourth-order valence-electron chi connectivity index (χ4n) is 2.43. The summed E-state index contributed by atoms with van der Waals surface area (Å²) in [7, 11) is -3.83. The Hall–Kier alpha value is -2.77. The summed E-state index contributed by atoms with van der Waals surface area (Å²) in [6.45, 7) is -0.218. The van der Waals surface area contributed by atoms with Gasteiger partial charge >= 0.3 is 6.09 Å². The fraction of sp³-hybridized carbons (Fsp3) is 0.105. The van der Waals surface area contributed by atoms with Gasteiger partial charge < -0.3 is 14.5 Å². The van der Waals surface area contributed by atoms with Crippen molar-refractivity contribution in [3.63, 3.8) is 0 Å². The molecule has 0 saturated carbocycles. The Morgan fingerprint density at radius 1 is 1.04 bits per heavy atom. The van der Waals surface area contributed by atoms with Gasteiger partial charge in [0.25, 0.3) is 0 Å². The minimum absolute atomic E-state index is 0.0755. The van der Waals surface area contributed by atoms with E-state index in [4.69, 9.17) is 20.8 Å². The average molecular weight is 406 g/mol. The zero-order valence-electron chi connectivity index (χ0n) is 14.0. The van der Waals surface area contributed by atoms with Crippen LogP contribution in [-0.2, 0) is 9.84 Å². The maximum absolute atomic E-state index is 13.0. The standard InChI is InChI=1S/C19H16ClNO5S/c20-14-8-10-16(11-9-14)27(23,24)18(17-7-4-12-25-17)13-21-19(22)26-15-5-2-1-3-6-15/h1-12,18H,13H2,(H,21,22)/t18-/m1/s1. The van der Waals surface area contributed by atoms with Gasteiger partial charge in [0.05, 0.1) is 11.2 Å². The van der Waals surface area contributed by atoms with Crippen molar-refractivity contribution < 1.29 is 22.4 Å². The second-order valence-electron chi connectivity index (χ2n) is 5.59. The van der Waals surface area contributed by atoms with E-state index in [0.29, 0.717) is 10.8 Å². The lowest BCUT2D eigenvalue weighted by atomic mass is 10.3. The Bertz CT molecular complexity index is 986. The van der Waals surface area contributed by atoms with Gasteiger partial charge in [-0.1, -0.05) is 29.8 Å². The van der Waals surface area contributed by atoms with Crippen LogP contribution in [0, 0.1) is 0 Å². The van der Waals surface area contributed by atoms with E-state index in [-0.39, 0.29) is 17.2 Å². The normalized spacial score (nSPS) is 12.3. The minimum Gasteiger partial charge on any atom is -0.468 e. The highest BCUT2D eigenvalue weighted by atomic mass is 35.5. The number of nitrogens with one attached hydrogen (secondary N) is 1. The number of amides is 1. The fourth-order valence-corrected chi connectivity index (χ4v) is 4.15. The minimum atomic E-state index is -3.83. The van der Waals surface area contributed by atoms with E-state index >= 15 is 0 Å². The maximum atomic E-state index is 13.0. The first-order valence-corrected chi connectivity index (χ1v) is 9.93. The average Bonchev–Trinajstić information content (AvgIpc) is 3.17. The van der Waals surface area contributed by atoms with Crippen LogP contribution in [0.5, 0.6) is 5.75 Å². The van der Waals surface area contributed by atoms with Crippen molar-refractivity contribution >= 4 is 27.5 Å². The molecule has 0 radical (unpaired) electrons. The van der Waals surface area contributed by atoms with E-state index in [2.05, 4.69) is 5.32 Å². The highest BCUT2D eigenvalue weighted by molar-refractivity contribution is 7.91. The summed E-state index contributed by atoms with van der Waals surface area (Å²) in [6, 6.07) is 17.4. The predicted molar refractivity (Wildman–Crippen MR) is 101 cm³/mol. The van der Waals surface area contributed by atoms with Crippen LogP contribution in [0.2, 0.25) is 5.02 Å². The third-order valence-corrected chi connectivity index (χ3v) is 6.09. The van der Waals surface area contributed by atoms with Crippen molar-refractivity contribution in [2.75, 3.05) is 6.54 Å². The Morgan fingerprint density at radius 3 is 2.37 bits per heavy atom. The SMILES string of the molecule is O=C(NC[C@H](c1ccco1)S(=O)(=O)c1ccc(Cl)cc1)Oc1ccccc1. The molecule has 0 unspecified atom stereocenters. The van der Waals surface area contributed by atoms with Gasteiger partial charge in [0.1, 0.15) is 16.8 Å². The molecule has 27 heavy (non-hydrogen) atoms. The lowest BCUT2D eigenvalue weighted by molar-refractivity contribution is 0.200. The summed E-state index contributed by atoms with van der Waals surface area (Å²) in [5, 5.41) is 1.79. The van der Waals surface area contributed by atoms with Crippen LogP contribution in [0.3, 0.4) is 0 Å². The van der Waals surface area contributed by atoms with Gasteiger partial charge in [0, 0.05) is 11.6 Å². The summed E-state index contributed by atoms with van der Waals surface area (Å²) in [5.41, 5.74) is 0. The smallest absolute Gasteiger partial charge is 0.412 e. The van der Waals surface area contributed by atoms with E-state index in [0.717, 1.165) is 0 Å². The number of hydrogen-bond acceptors (Lipinski definition) is 5. The molecule has 0 saturated heterocycles. The molecule has 8 heteroatoms. The van der Waals surface area contributed by atoms with E-state index in [1.807, 2.05) is 0 Å². The van der Waals surface area contributed by atoms with Crippen LogP contribution >= 0.6 is 11.6 Å². The summed E-state index contributed by atoms with van der Waals surface area (Å²) >= 11 is 5.83. The molecule has 1 aromatic heterocycles. The molecule has 6 nitrogen and oxygen atoms in total. The Balaban J connectivity index is 1.78. The molecule has 1 heterocycles. The number of benzene rings is 2. The molecule has 3 rings (SSSR count). The van der Waals surface area contributed by atoms with Crippen LogP contribution in [0.4, 0.5) is 4.79 Å². The number of ether oxygens (including phenoxy) is 1. The molecule has 1 amide bonds. The van der Waals surface area contributed by atoms with Crippen molar-refractivity contribution in [2.45, 2.75) is 10.1 Å². The van der Waals surface area contributed by atoms with Gasteiger partial charge in [0.15, 0.2) is 9.84 Å². The number of sulfone groups is 1. The van der Waals surface area contributed by atoms with Crippen LogP contribution in [-0.4, -0.2) is 21.1 Å². The van der Waals surface area contributed by atoms with Crippen LogP contribution in [0.1, 0.15) is 11.0 Å². The lowest BCUT2D eigenvalue weighted by Crippen LogP contribution is -2.33. The predicted octanol–water partition coefficient (Wildman–Crippen LogP) is 4.24. The van der Waals surface area contributed by atoms with E-state index in [1.54, 1.807) is 42.5 Å². The highest BCUT2D eigenvalue weighted by Crippen LogP contribution is 2.29. The van der Waals surface area contributed by atoms with Gasteiger partial charge in [0.2, 0.25) is 0 Å². The van der Waals surface area contributed by atoms with Gasteiger partial charge in [-0.2, -0.15) is 0 Å². The molecule has 2 aromatic carbocycles. The molecule has 1 N–H and O–H groups in total. The molecular formula is C19H16ClNO5S. The summed E-state index contributed by atoms with van der Waals surface area (Å²) in [4.78, 5) is 12.1. The Labute approximate surface area is 161 Å². The van der Waals surface area contributed by atoms with Crippen molar-refractivity contribution in [3.8, 4) is 5.75 Å². The largest absolute Gasteiger partial charge is 0.468 e. The number of carbonyl (C=O) groups excluding carboxylic acids is 1. The molecule has 0 bridgehead atoms. The number of hydrogen-bond donors (Lipinski definition) is 1. The second kappa shape index (κ2) is 8.28. The van der Waals surface area contributed by atoms with Gasteiger partial charge in [-0.3, -0.25) is 0 Å². The number of furan rings is 1. The number of carbonyl (C=O) groups is 1. The molecular weight excluding hydrogens is 390 g/mol. The molecule has 0 aliphatic rings. The van der Waals surface area contributed by atoms with E-state index in [9.17, 15) is 13.2 Å². The highest BCUT2D eigenvalue weighted by Gasteiger charge is 2.32. The first-order chi connectivity index (χ1) is 13.0. The number of halogens is 1. The zero-order valence-corrected chi connectivity index (χ0v) is 15.6. The van der Waals surface area contributed by atoms with Crippen molar-refractivity contribution in [2.24, 2.45) is 0 Å². The van der Waals surface area contributed by atoms with E-state index in [1.165, 1.54) is 30.5 Å². The van der Waals surface area contributed by atoms with Crippen molar-refractivity contribution in [3.05, 3.63) is 83.8 Å². The third kappa shape index (κ3) is 4.69. The monoisotopic (exact) mass is 405 g/mol. The second-order valence-corrected chi connectivity index (χ2v) is 8.15. The summed E-state index contributed by atoms with van der Waals surface area (Å²) in [5.74, 6) is 0.565. The molecule has 0 aliphatic carbocycles. The van der Waals surface area contributed by atoms with Crippen molar-refractivity contribution in [1.82, 2.24) is 5.32 Å². The van der Waals surface area contributed by atoms with Crippen molar-refractivity contribution in [1.29, 1.82) is 0 Å². The number of rotatable bonds is 6. The molecule has 3 aromatic rings. The topological polar surface area (TPSA) is 85.6 Å². The number of para-hydroxylation sites is 1. The quantitative estimate of drug-likeness (QED) is 0.663. The molecule has 0 aliphatic heterocycles. The zero-order chi connectivity index (χ0) is 19.3. The summed E-state index contributed by atoms with van der Waals surface area (Å²) in [6.07, 6.45) is 0.617. The third-order valence-electron chi connectivity index (χ3n) is 3.76. The Morgan fingerprint density at radius 2 is 1.74 bits per heavy atom. The van der Waals surface area contributed by atoms with Gasteiger partial charge in [-0.25, -0.2) is 13.2 Å². The molecule has 0 spiro atoms. The first kappa shape index (κ1) is 19.0. The Kier molecular flexibility index (Phi) is 5.83. The van der Waals surface area contributed by atoms with Crippen LogP contribution < -0.4 is 10.1 Å². The van der Waals surface area contributed by atoms with Crippen LogP contribution in [0.15, 0.2) is 82.3 Å². The molecule has 140 valence electrons. The lowest BCUT2D eigenvalue weighted by Gasteiger charge is -2.16. The van der Waals surface area contributed by atoms with Gasteiger partial charge in [-0.05, 0) is 48.5 Å².